The number of rotatable bonds is 3. The Hall–Kier alpha value is -1.88. The molecule has 0 atom stereocenters. The molecule has 1 aliphatic heterocycles. The van der Waals surface area contributed by atoms with Crippen LogP contribution in [-0.2, 0) is 4.79 Å². The number of hydrogen-bond acceptors (Lipinski definition) is 3. The second-order valence-electron chi connectivity index (χ2n) is 5.83. The van der Waals surface area contributed by atoms with Gasteiger partial charge in [-0.05, 0) is 33.0 Å². The minimum Gasteiger partial charge on any atom is -0.338 e. The van der Waals surface area contributed by atoms with Gasteiger partial charge in [-0.2, -0.15) is 0 Å². The molecule has 0 saturated carbocycles. The van der Waals surface area contributed by atoms with Crippen LogP contribution in [0.4, 0.5) is 0 Å². The van der Waals surface area contributed by atoms with Gasteiger partial charge in [-0.1, -0.05) is 18.2 Å². The van der Waals surface area contributed by atoms with E-state index in [4.69, 9.17) is 0 Å². The van der Waals surface area contributed by atoms with E-state index in [2.05, 4.69) is 5.32 Å². The number of carbonyl (C=O) groups is 2. The minimum absolute atomic E-state index is 0.0376. The Kier molecular flexibility index (Phi) is 4.63. The highest BCUT2D eigenvalue weighted by Crippen LogP contribution is 2.13. The molecule has 0 unspecified atom stereocenters. The monoisotopic (exact) mass is 289 g/mol. The summed E-state index contributed by atoms with van der Waals surface area (Å²) in [5.74, 6) is 0.118. The van der Waals surface area contributed by atoms with Gasteiger partial charge in [0.2, 0.25) is 5.91 Å². The van der Waals surface area contributed by atoms with Gasteiger partial charge < -0.3 is 15.1 Å². The highest BCUT2D eigenvalue weighted by molar-refractivity contribution is 5.94. The van der Waals surface area contributed by atoms with E-state index in [9.17, 15) is 9.59 Å². The van der Waals surface area contributed by atoms with E-state index in [0.29, 0.717) is 31.7 Å². The van der Waals surface area contributed by atoms with Gasteiger partial charge >= 0.3 is 0 Å². The molecule has 1 fully saturated rings. The molecular weight excluding hydrogens is 266 g/mol. The van der Waals surface area contributed by atoms with Crippen LogP contribution in [0.5, 0.6) is 0 Å². The Balaban J connectivity index is 1.95. The Morgan fingerprint density at radius 3 is 2.05 bits per heavy atom. The molecule has 114 valence electrons. The van der Waals surface area contributed by atoms with E-state index >= 15 is 0 Å². The quantitative estimate of drug-likeness (QED) is 0.902. The summed E-state index contributed by atoms with van der Waals surface area (Å²) >= 11 is 0. The van der Waals surface area contributed by atoms with Crippen molar-refractivity contribution in [2.45, 2.75) is 19.4 Å². The zero-order valence-corrected chi connectivity index (χ0v) is 12.9. The van der Waals surface area contributed by atoms with E-state index < -0.39 is 5.54 Å². The van der Waals surface area contributed by atoms with Crippen molar-refractivity contribution in [3.8, 4) is 0 Å². The van der Waals surface area contributed by atoms with E-state index in [-0.39, 0.29) is 11.8 Å². The standard InChI is InChI=1S/C16H23N3O2/c1-16(2,17-3)15(21)19-11-9-18(10-12-19)14(20)13-7-5-4-6-8-13/h4-8,17H,9-12H2,1-3H3. The molecule has 1 aliphatic rings. The molecule has 0 spiro atoms. The smallest absolute Gasteiger partial charge is 0.253 e. The molecule has 0 bridgehead atoms. The number of carbonyl (C=O) groups excluding carboxylic acids is 2. The Labute approximate surface area is 125 Å². The van der Waals surface area contributed by atoms with Gasteiger partial charge in [0.1, 0.15) is 0 Å². The normalized spacial score (nSPS) is 16.0. The second-order valence-corrected chi connectivity index (χ2v) is 5.83. The fourth-order valence-corrected chi connectivity index (χ4v) is 2.38. The van der Waals surface area contributed by atoms with Crippen LogP contribution >= 0.6 is 0 Å². The molecule has 5 heteroatoms. The van der Waals surface area contributed by atoms with E-state index in [0.717, 1.165) is 0 Å². The topological polar surface area (TPSA) is 52.7 Å². The largest absolute Gasteiger partial charge is 0.338 e. The van der Waals surface area contributed by atoms with E-state index in [1.165, 1.54) is 0 Å². The lowest BCUT2D eigenvalue weighted by atomic mass is 10.0. The molecule has 1 saturated heterocycles. The summed E-state index contributed by atoms with van der Waals surface area (Å²) in [5.41, 5.74) is 0.138. The summed E-state index contributed by atoms with van der Waals surface area (Å²) in [6.45, 7) is 6.08. The zero-order valence-electron chi connectivity index (χ0n) is 12.9. The van der Waals surface area contributed by atoms with Crippen LogP contribution in [0, 0.1) is 0 Å². The zero-order chi connectivity index (χ0) is 15.5. The van der Waals surface area contributed by atoms with Gasteiger partial charge in [-0.3, -0.25) is 9.59 Å². The number of amides is 2. The molecule has 0 aliphatic carbocycles. The SMILES string of the molecule is CNC(C)(C)C(=O)N1CCN(C(=O)c2ccccc2)CC1. The lowest BCUT2D eigenvalue weighted by Gasteiger charge is -2.38. The summed E-state index contributed by atoms with van der Waals surface area (Å²) in [6.07, 6.45) is 0. The number of nitrogens with one attached hydrogen (secondary N) is 1. The van der Waals surface area contributed by atoms with Crippen molar-refractivity contribution in [1.29, 1.82) is 0 Å². The predicted octanol–water partition coefficient (Wildman–Crippen LogP) is 0.969. The lowest BCUT2D eigenvalue weighted by Crippen LogP contribution is -2.58. The first-order valence-electron chi connectivity index (χ1n) is 7.28. The van der Waals surface area contributed by atoms with E-state index in [1.54, 1.807) is 7.05 Å². The fourth-order valence-electron chi connectivity index (χ4n) is 2.38. The maximum atomic E-state index is 12.4. The van der Waals surface area contributed by atoms with Gasteiger partial charge in [-0.15, -0.1) is 0 Å². The highest BCUT2D eigenvalue weighted by Gasteiger charge is 2.33. The minimum atomic E-state index is -0.564. The summed E-state index contributed by atoms with van der Waals surface area (Å²) < 4.78 is 0. The number of nitrogens with zero attached hydrogens (tertiary/aromatic N) is 2. The third-order valence-electron chi connectivity index (χ3n) is 4.03. The number of benzene rings is 1. The fraction of sp³-hybridized carbons (Fsp3) is 0.500. The first-order valence-corrected chi connectivity index (χ1v) is 7.28. The molecular formula is C16H23N3O2. The average molecular weight is 289 g/mol. The first kappa shape index (κ1) is 15.5. The van der Waals surface area contributed by atoms with E-state index in [1.807, 2.05) is 54.0 Å². The van der Waals surface area contributed by atoms with Crippen molar-refractivity contribution in [1.82, 2.24) is 15.1 Å². The second kappa shape index (κ2) is 6.26. The lowest BCUT2D eigenvalue weighted by molar-refractivity contribution is -0.138. The van der Waals surface area contributed by atoms with Crippen LogP contribution in [0.1, 0.15) is 24.2 Å². The highest BCUT2D eigenvalue weighted by atomic mass is 16.2. The van der Waals surface area contributed by atoms with Gasteiger partial charge in [0.25, 0.3) is 5.91 Å². The third-order valence-corrected chi connectivity index (χ3v) is 4.03. The molecule has 1 heterocycles. The molecule has 21 heavy (non-hydrogen) atoms. The van der Waals surface area contributed by atoms with Crippen LogP contribution in [-0.4, -0.2) is 60.4 Å². The van der Waals surface area contributed by atoms with Crippen molar-refractivity contribution >= 4 is 11.8 Å². The van der Waals surface area contributed by atoms with Crippen LogP contribution in [0.25, 0.3) is 0 Å². The van der Waals surface area contributed by atoms with Gasteiger partial charge in [0, 0.05) is 31.7 Å². The molecule has 1 aromatic rings. The van der Waals surface area contributed by atoms with Crippen molar-refractivity contribution in [2.24, 2.45) is 0 Å². The van der Waals surface area contributed by atoms with Crippen molar-refractivity contribution < 1.29 is 9.59 Å². The van der Waals surface area contributed by atoms with Gasteiger partial charge in [0.15, 0.2) is 0 Å². The maximum Gasteiger partial charge on any atom is 0.253 e. The van der Waals surface area contributed by atoms with Crippen LogP contribution in [0.15, 0.2) is 30.3 Å². The summed E-state index contributed by atoms with van der Waals surface area (Å²) in [5, 5.41) is 3.03. The van der Waals surface area contributed by atoms with Crippen LogP contribution < -0.4 is 5.32 Å². The average Bonchev–Trinajstić information content (AvgIpc) is 2.54. The molecule has 2 rings (SSSR count). The molecule has 1 aromatic carbocycles. The maximum absolute atomic E-state index is 12.4. The molecule has 0 radical (unpaired) electrons. The molecule has 0 aromatic heterocycles. The number of piperazine rings is 1. The first-order chi connectivity index (χ1) is 9.95. The van der Waals surface area contributed by atoms with Crippen LogP contribution in [0.2, 0.25) is 0 Å². The van der Waals surface area contributed by atoms with Gasteiger partial charge in [-0.25, -0.2) is 0 Å². The number of likely N-dealkylation sites (N-methyl/N-ethyl adjacent to an activating group) is 1. The Bertz CT molecular complexity index is 506. The molecule has 2 amide bonds. The van der Waals surface area contributed by atoms with Crippen molar-refractivity contribution in [3.63, 3.8) is 0 Å². The summed E-state index contributed by atoms with van der Waals surface area (Å²) in [6, 6.07) is 9.27. The van der Waals surface area contributed by atoms with Crippen molar-refractivity contribution in [3.05, 3.63) is 35.9 Å². The third kappa shape index (κ3) is 3.42. The Morgan fingerprint density at radius 1 is 1.00 bits per heavy atom. The molecule has 1 N–H and O–H groups in total. The Morgan fingerprint density at radius 2 is 1.52 bits per heavy atom. The molecule has 5 nitrogen and oxygen atoms in total. The predicted molar refractivity (Wildman–Crippen MR) is 82.1 cm³/mol. The summed E-state index contributed by atoms with van der Waals surface area (Å²) in [4.78, 5) is 28.3. The number of hydrogen-bond donors (Lipinski definition) is 1. The van der Waals surface area contributed by atoms with Gasteiger partial charge in [0.05, 0.1) is 5.54 Å². The van der Waals surface area contributed by atoms with Crippen LogP contribution in [0.3, 0.4) is 0 Å². The summed E-state index contributed by atoms with van der Waals surface area (Å²) in [7, 11) is 1.78. The van der Waals surface area contributed by atoms with Crippen molar-refractivity contribution in [2.75, 3.05) is 33.2 Å².